The summed E-state index contributed by atoms with van der Waals surface area (Å²) >= 11 is 0. The van der Waals surface area contributed by atoms with Crippen LogP contribution in [0.2, 0.25) is 0 Å². The van der Waals surface area contributed by atoms with Crippen molar-refractivity contribution in [2.45, 2.75) is 0 Å². The Hall–Kier alpha value is -6.66. The van der Waals surface area contributed by atoms with Gasteiger partial charge in [0.1, 0.15) is 22.3 Å². The zero-order chi connectivity index (χ0) is 31.6. The first-order valence-electron chi connectivity index (χ1n) is 15.8. The van der Waals surface area contributed by atoms with E-state index in [9.17, 15) is 0 Å². The van der Waals surface area contributed by atoms with E-state index >= 15 is 0 Å². The van der Waals surface area contributed by atoms with Crippen molar-refractivity contribution in [3.63, 3.8) is 0 Å². The highest BCUT2D eigenvalue weighted by Gasteiger charge is 2.22. The van der Waals surface area contributed by atoms with Crippen LogP contribution in [-0.2, 0) is 0 Å². The van der Waals surface area contributed by atoms with Crippen molar-refractivity contribution < 1.29 is 8.83 Å². The van der Waals surface area contributed by atoms with E-state index in [1.165, 1.54) is 0 Å². The van der Waals surface area contributed by atoms with E-state index in [-0.39, 0.29) is 0 Å². The maximum atomic E-state index is 6.53. The van der Waals surface area contributed by atoms with Crippen LogP contribution in [0.25, 0.3) is 100 Å². The van der Waals surface area contributed by atoms with Gasteiger partial charge in [-0.15, -0.1) is 0 Å². The Bertz CT molecular complexity index is 2850. The van der Waals surface area contributed by atoms with Gasteiger partial charge in [-0.25, -0.2) is 15.0 Å². The lowest BCUT2D eigenvalue weighted by Crippen LogP contribution is -2.01. The van der Waals surface area contributed by atoms with E-state index in [2.05, 4.69) is 66.7 Å². The number of para-hydroxylation sites is 1. The molecule has 0 saturated carbocycles. The summed E-state index contributed by atoms with van der Waals surface area (Å²) in [6.07, 6.45) is 1.79. The van der Waals surface area contributed by atoms with Crippen LogP contribution in [0.3, 0.4) is 0 Å². The number of hydrogen-bond donors (Lipinski definition) is 0. The molecule has 0 aliphatic carbocycles. The van der Waals surface area contributed by atoms with Gasteiger partial charge in [-0.05, 0) is 58.8 Å². The first kappa shape index (κ1) is 26.5. The SMILES string of the molecule is c1ccc(-c2ccc(-c3nc(-c4ccc5ccccc5c4)nc(-c4cccc5oc6ccccc6c45)n3)c3c2oc2cccnc23)cc1. The van der Waals surface area contributed by atoms with Crippen molar-refractivity contribution in [1.29, 1.82) is 0 Å². The molecule has 0 N–H and O–H groups in total. The van der Waals surface area contributed by atoms with Crippen LogP contribution in [0.15, 0.2) is 155 Å². The van der Waals surface area contributed by atoms with Crippen LogP contribution in [0.5, 0.6) is 0 Å². The second kappa shape index (κ2) is 10.4. The molecule has 0 saturated heterocycles. The Labute approximate surface area is 274 Å². The summed E-state index contributed by atoms with van der Waals surface area (Å²) in [5, 5.41) is 5.10. The molecule has 6 aromatic carbocycles. The van der Waals surface area contributed by atoms with Crippen molar-refractivity contribution in [2.75, 3.05) is 0 Å². The van der Waals surface area contributed by atoms with Gasteiger partial charge in [0.05, 0.1) is 5.39 Å². The van der Waals surface area contributed by atoms with Gasteiger partial charge in [0.25, 0.3) is 0 Å². The van der Waals surface area contributed by atoms with Gasteiger partial charge in [-0.2, -0.15) is 0 Å². The standard InChI is InChI=1S/C42H24N4O2/c1-2-11-26(12-3-1)29-21-22-32(37-38-35(48-39(29)37)18-9-23-43-38)42-45-40(28-20-19-25-10-4-5-13-27(25)24-28)44-41(46-42)31-15-8-17-34-36(31)30-14-6-7-16-33(30)47-34/h1-24H. The fourth-order valence-corrected chi connectivity index (χ4v) is 6.76. The third kappa shape index (κ3) is 4.13. The minimum atomic E-state index is 0.533. The molecule has 0 aliphatic rings. The van der Waals surface area contributed by atoms with Crippen molar-refractivity contribution in [1.82, 2.24) is 19.9 Å². The summed E-state index contributed by atoms with van der Waals surface area (Å²) in [5.41, 5.74) is 8.42. The Balaban J connectivity index is 1.29. The topological polar surface area (TPSA) is 77.8 Å². The van der Waals surface area contributed by atoms with Gasteiger partial charge in [0.15, 0.2) is 23.1 Å². The van der Waals surface area contributed by atoms with Gasteiger partial charge in [-0.3, -0.25) is 4.98 Å². The lowest BCUT2D eigenvalue weighted by atomic mass is 9.99. The summed E-state index contributed by atoms with van der Waals surface area (Å²) in [6.45, 7) is 0. The molecule has 48 heavy (non-hydrogen) atoms. The second-order valence-electron chi connectivity index (χ2n) is 11.8. The monoisotopic (exact) mass is 616 g/mol. The molecule has 6 nitrogen and oxygen atoms in total. The molecular weight excluding hydrogens is 592 g/mol. The van der Waals surface area contributed by atoms with Crippen LogP contribution in [0.1, 0.15) is 0 Å². The molecule has 10 rings (SSSR count). The van der Waals surface area contributed by atoms with Gasteiger partial charge >= 0.3 is 0 Å². The normalized spacial score (nSPS) is 11.8. The number of pyridine rings is 1. The van der Waals surface area contributed by atoms with E-state index in [1.54, 1.807) is 6.20 Å². The lowest BCUT2D eigenvalue weighted by molar-refractivity contribution is 0.668. The first-order chi connectivity index (χ1) is 23.8. The molecule has 4 heterocycles. The summed E-state index contributed by atoms with van der Waals surface area (Å²) in [6, 6.07) is 47.0. The third-order valence-electron chi connectivity index (χ3n) is 8.99. The van der Waals surface area contributed by atoms with E-state index in [0.29, 0.717) is 23.1 Å². The molecule has 4 aromatic heterocycles. The maximum Gasteiger partial charge on any atom is 0.164 e. The lowest BCUT2D eigenvalue weighted by Gasteiger charge is -2.11. The fourth-order valence-electron chi connectivity index (χ4n) is 6.76. The highest BCUT2D eigenvalue weighted by atomic mass is 16.3. The van der Waals surface area contributed by atoms with Crippen molar-refractivity contribution >= 4 is 54.8 Å². The minimum Gasteiger partial charge on any atom is -0.456 e. The predicted octanol–water partition coefficient (Wildman–Crippen LogP) is 10.9. The highest BCUT2D eigenvalue weighted by Crippen LogP contribution is 2.42. The van der Waals surface area contributed by atoms with Crippen molar-refractivity contribution in [3.8, 4) is 45.3 Å². The number of aromatic nitrogens is 4. The van der Waals surface area contributed by atoms with Crippen LogP contribution >= 0.6 is 0 Å². The Morgan fingerprint density at radius 3 is 2.02 bits per heavy atom. The number of rotatable bonds is 4. The number of furan rings is 2. The smallest absolute Gasteiger partial charge is 0.164 e. The number of benzene rings is 6. The summed E-state index contributed by atoms with van der Waals surface area (Å²) in [7, 11) is 0. The van der Waals surface area contributed by atoms with E-state index in [1.807, 2.05) is 72.8 Å². The molecule has 0 fully saturated rings. The molecule has 0 bridgehead atoms. The summed E-state index contributed by atoms with van der Waals surface area (Å²) < 4.78 is 12.8. The number of hydrogen-bond acceptors (Lipinski definition) is 6. The second-order valence-corrected chi connectivity index (χ2v) is 11.8. The summed E-state index contributed by atoms with van der Waals surface area (Å²) in [5.74, 6) is 1.67. The van der Waals surface area contributed by atoms with Gasteiger partial charge in [0, 0.05) is 39.2 Å². The van der Waals surface area contributed by atoms with Crippen LogP contribution < -0.4 is 0 Å². The molecule has 0 atom stereocenters. The van der Waals surface area contributed by atoms with Crippen LogP contribution in [-0.4, -0.2) is 19.9 Å². The molecule has 0 unspecified atom stereocenters. The van der Waals surface area contributed by atoms with Crippen LogP contribution in [0.4, 0.5) is 0 Å². The van der Waals surface area contributed by atoms with Gasteiger partial charge in [-0.1, -0.05) is 97.1 Å². The Morgan fingerprint density at radius 2 is 1.12 bits per heavy atom. The average molecular weight is 617 g/mol. The fraction of sp³-hybridized carbons (Fsp3) is 0. The molecule has 0 radical (unpaired) electrons. The van der Waals surface area contributed by atoms with Crippen LogP contribution in [0, 0.1) is 0 Å². The molecular formula is C42H24N4O2. The quantitative estimate of drug-likeness (QED) is 0.196. The third-order valence-corrected chi connectivity index (χ3v) is 8.99. The zero-order valence-corrected chi connectivity index (χ0v) is 25.5. The van der Waals surface area contributed by atoms with E-state index in [0.717, 1.165) is 77.0 Å². The molecule has 10 aromatic rings. The van der Waals surface area contributed by atoms with Gasteiger partial charge in [0.2, 0.25) is 0 Å². The first-order valence-corrected chi connectivity index (χ1v) is 15.8. The Kier molecular flexibility index (Phi) is 5.77. The summed E-state index contributed by atoms with van der Waals surface area (Å²) in [4.78, 5) is 20.3. The zero-order valence-electron chi connectivity index (χ0n) is 25.5. The average Bonchev–Trinajstić information content (AvgIpc) is 3.74. The molecule has 0 amide bonds. The van der Waals surface area contributed by atoms with E-state index < -0.39 is 0 Å². The van der Waals surface area contributed by atoms with Crippen molar-refractivity contribution in [2.24, 2.45) is 0 Å². The predicted molar refractivity (Wildman–Crippen MR) is 191 cm³/mol. The number of nitrogens with zero attached hydrogens (tertiary/aromatic N) is 4. The molecule has 0 aliphatic heterocycles. The number of fused-ring (bicyclic) bond motifs is 7. The Morgan fingerprint density at radius 1 is 0.417 bits per heavy atom. The molecule has 6 heteroatoms. The largest absolute Gasteiger partial charge is 0.456 e. The van der Waals surface area contributed by atoms with Gasteiger partial charge < -0.3 is 8.83 Å². The minimum absolute atomic E-state index is 0.533. The van der Waals surface area contributed by atoms with E-state index in [4.69, 9.17) is 28.8 Å². The molecule has 0 spiro atoms. The van der Waals surface area contributed by atoms with Crippen molar-refractivity contribution in [3.05, 3.63) is 146 Å². The maximum absolute atomic E-state index is 6.53. The molecule has 224 valence electrons. The highest BCUT2D eigenvalue weighted by molar-refractivity contribution is 6.15.